The van der Waals surface area contributed by atoms with Crippen LogP contribution in [-0.4, -0.2) is 63.0 Å². The van der Waals surface area contributed by atoms with E-state index < -0.39 is 0 Å². The molecule has 0 aromatic heterocycles. The number of carbonyl (C=O) groups is 1. The Labute approximate surface area is 169 Å². The van der Waals surface area contributed by atoms with Crippen molar-refractivity contribution in [2.75, 3.05) is 47.3 Å². The monoisotopic (exact) mass is 381 g/mol. The van der Waals surface area contributed by atoms with Gasteiger partial charge in [-0.2, -0.15) is 0 Å². The van der Waals surface area contributed by atoms with Crippen molar-refractivity contribution in [2.24, 2.45) is 5.92 Å². The van der Waals surface area contributed by atoms with Crippen LogP contribution < -0.4 is 5.32 Å². The van der Waals surface area contributed by atoms with Crippen molar-refractivity contribution in [3.8, 4) is 0 Å². The third-order valence-electron chi connectivity index (χ3n) is 5.00. The Kier molecular flexibility index (Phi) is 17.9. The van der Waals surface area contributed by atoms with Gasteiger partial charge in [-0.15, -0.1) is 0 Å². The van der Waals surface area contributed by atoms with E-state index in [2.05, 4.69) is 56.2 Å². The molecule has 0 aromatic carbocycles. The van der Waals surface area contributed by atoms with Crippen LogP contribution in [0.25, 0.3) is 0 Å². The zero-order valence-corrected chi connectivity index (χ0v) is 18.9. The summed E-state index contributed by atoms with van der Waals surface area (Å²) in [7, 11) is 6.41. The topological polar surface area (TPSA) is 35.6 Å². The molecule has 0 heterocycles. The van der Waals surface area contributed by atoms with Gasteiger partial charge in [0.05, 0.1) is 0 Å². The van der Waals surface area contributed by atoms with Gasteiger partial charge in [0.15, 0.2) is 0 Å². The van der Waals surface area contributed by atoms with Crippen LogP contribution in [0, 0.1) is 5.92 Å². The SMILES string of the molecule is CCCCCCCC[C@@H](C)/C=C/C(=O)NCCCN(C)CCCCN(C)C. The normalized spacial score (nSPS) is 13.0. The molecular formula is C23H47N3O. The molecule has 0 aliphatic heterocycles. The minimum Gasteiger partial charge on any atom is -0.353 e. The maximum Gasteiger partial charge on any atom is 0.243 e. The van der Waals surface area contributed by atoms with Crippen molar-refractivity contribution in [2.45, 2.75) is 78.1 Å². The van der Waals surface area contributed by atoms with E-state index in [1.807, 2.05) is 0 Å². The molecule has 27 heavy (non-hydrogen) atoms. The summed E-state index contributed by atoms with van der Waals surface area (Å²) in [6, 6.07) is 0. The molecule has 0 aliphatic carbocycles. The Hall–Kier alpha value is -0.870. The fourth-order valence-electron chi connectivity index (χ4n) is 3.14. The minimum atomic E-state index is 0.0541. The minimum absolute atomic E-state index is 0.0541. The number of unbranched alkanes of at least 4 members (excludes halogenated alkanes) is 6. The molecule has 1 amide bonds. The molecule has 0 unspecified atom stereocenters. The highest BCUT2D eigenvalue weighted by Gasteiger charge is 2.02. The van der Waals surface area contributed by atoms with Gasteiger partial charge in [0.2, 0.25) is 5.91 Å². The molecule has 0 fully saturated rings. The second kappa shape index (κ2) is 18.5. The highest BCUT2D eigenvalue weighted by Crippen LogP contribution is 2.12. The lowest BCUT2D eigenvalue weighted by Gasteiger charge is -2.17. The lowest BCUT2D eigenvalue weighted by atomic mass is 10.0. The Morgan fingerprint density at radius 3 is 2.22 bits per heavy atom. The number of allylic oxidation sites excluding steroid dienone is 1. The summed E-state index contributed by atoms with van der Waals surface area (Å²) < 4.78 is 0. The molecule has 1 N–H and O–H groups in total. The van der Waals surface area contributed by atoms with Gasteiger partial charge in [-0.25, -0.2) is 0 Å². The maximum absolute atomic E-state index is 11.9. The number of carbonyl (C=O) groups excluding carboxylic acids is 1. The maximum atomic E-state index is 11.9. The van der Waals surface area contributed by atoms with Crippen LogP contribution in [0.5, 0.6) is 0 Å². The van der Waals surface area contributed by atoms with Crippen molar-refractivity contribution in [1.29, 1.82) is 0 Å². The molecule has 0 aromatic rings. The quantitative estimate of drug-likeness (QED) is 0.276. The standard InChI is InChI=1S/C23H47N3O/c1-6-7-8-9-10-11-15-22(2)16-17-23(27)24-18-14-21-26(5)20-13-12-19-25(3)4/h16-17,22H,6-15,18-21H2,1-5H3,(H,24,27)/b17-16+/t22-/m1/s1. The van der Waals surface area contributed by atoms with E-state index in [0.29, 0.717) is 5.92 Å². The van der Waals surface area contributed by atoms with Crippen molar-refractivity contribution in [3.05, 3.63) is 12.2 Å². The van der Waals surface area contributed by atoms with Crippen molar-refractivity contribution < 1.29 is 4.79 Å². The van der Waals surface area contributed by atoms with Crippen molar-refractivity contribution >= 4 is 5.91 Å². The number of hydrogen-bond acceptors (Lipinski definition) is 3. The van der Waals surface area contributed by atoms with Gasteiger partial charge in [-0.05, 0) is 78.5 Å². The number of amides is 1. The van der Waals surface area contributed by atoms with E-state index in [9.17, 15) is 4.79 Å². The van der Waals surface area contributed by atoms with E-state index in [1.165, 1.54) is 57.8 Å². The average molecular weight is 382 g/mol. The first-order valence-corrected chi connectivity index (χ1v) is 11.2. The summed E-state index contributed by atoms with van der Waals surface area (Å²) in [5.74, 6) is 0.550. The molecule has 4 nitrogen and oxygen atoms in total. The molecule has 0 bridgehead atoms. The zero-order chi connectivity index (χ0) is 20.3. The van der Waals surface area contributed by atoms with E-state index in [0.717, 1.165) is 32.6 Å². The Balaban J connectivity index is 3.59. The molecule has 0 spiro atoms. The van der Waals surface area contributed by atoms with E-state index >= 15 is 0 Å². The molecule has 0 aliphatic rings. The van der Waals surface area contributed by atoms with Crippen LogP contribution in [0.3, 0.4) is 0 Å². The van der Waals surface area contributed by atoms with E-state index in [-0.39, 0.29) is 5.91 Å². The first-order valence-electron chi connectivity index (χ1n) is 11.2. The number of nitrogens with one attached hydrogen (secondary N) is 1. The van der Waals surface area contributed by atoms with Gasteiger partial charge >= 0.3 is 0 Å². The Bertz CT molecular complexity index is 369. The summed E-state index contributed by atoms with van der Waals surface area (Å²) in [5, 5.41) is 3.01. The van der Waals surface area contributed by atoms with Crippen molar-refractivity contribution in [1.82, 2.24) is 15.1 Å². The first-order chi connectivity index (χ1) is 13.0. The van der Waals surface area contributed by atoms with Crippen LogP contribution in [-0.2, 0) is 4.79 Å². The van der Waals surface area contributed by atoms with Gasteiger partial charge in [0, 0.05) is 6.54 Å². The lowest BCUT2D eigenvalue weighted by Crippen LogP contribution is -2.28. The Morgan fingerprint density at radius 1 is 0.889 bits per heavy atom. The van der Waals surface area contributed by atoms with E-state index in [4.69, 9.17) is 0 Å². The highest BCUT2D eigenvalue weighted by atomic mass is 16.1. The molecule has 0 radical (unpaired) electrons. The lowest BCUT2D eigenvalue weighted by molar-refractivity contribution is -0.116. The Morgan fingerprint density at radius 2 is 1.52 bits per heavy atom. The summed E-state index contributed by atoms with van der Waals surface area (Å²) >= 11 is 0. The molecule has 0 saturated carbocycles. The smallest absolute Gasteiger partial charge is 0.243 e. The molecule has 0 saturated heterocycles. The largest absolute Gasteiger partial charge is 0.353 e. The fourth-order valence-corrected chi connectivity index (χ4v) is 3.14. The van der Waals surface area contributed by atoms with Crippen LogP contribution in [0.1, 0.15) is 78.1 Å². The van der Waals surface area contributed by atoms with Crippen LogP contribution in [0.15, 0.2) is 12.2 Å². The zero-order valence-electron chi connectivity index (χ0n) is 18.9. The highest BCUT2D eigenvalue weighted by molar-refractivity contribution is 5.87. The summed E-state index contributed by atoms with van der Waals surface area (Å²) in [4.78, 5) is 16.5. The van der Waals surface area contributed by atoms with Gasteiger partial charge in [-0.3, -0.25) is 4.79 Å². The molecule has 4 heteroatoms. The second-order valence-electron chi connectivity index (χ2n) is 8.35. The number of hydrogen-bond donors (Lipinski definition) is 1. The van der Waals surface area contributed by atoms with Crippen LogP contribution >= 0.6 is 0 Å². The first kappa shape index (κ1) is 26.1. The third-order valence-corrected chi connectivity index (χ3v) is 5.00. The van der Waals surface area contributed by atoms with Gasteiger partial charge in [-0.1, -0.05) is 58.4 Å². The van der Waals surface area contributed by atoms with E-state index in [1.54, 1.807) is 6.08 Å². The third kappa shape index (κ3) is 19.7. The predicted molar refractivity (Wildman–Crippen MR) is 119 cm³/mol. The van der Waals surface area contributed by atoms with Gasteiger partial charge in [0.25, 0.3) is 0 Å². The molecule has 1 atom stereocenters. The fraction of sp³-hybridized carbons (Fsp3) is 0.870. The van der Waals surface area contributed by atoms with Crippen LogP contribution in [0.4, 0.5) is 0 Å². The molecular weight excluding hydrogens is 334 g/mol. The summed E-state index contributed by atoms with van der Waals surface area (Å²) in [5.41, 5.74) is 0. The predicted octanol–water partition coefficient (Wildman–Crippen LogP) is 4.71. The van der Waals surface area contributed by atoms with Crippen molar-refractivity contribution in [3.63, 3.8) is 0 Å². The summed E-state index contributed by atoms with van der Waals surface area (Å²) in [6.45, 7) is 8.56. The summed E-state index contributed by atoms with van der Waals surface area (Å²) in [6.07, 6.45) is 16.5. The molecule has 160 valence electrons. The number of rotatable bonds is 18. The molecule has 0 rings (SSSR count). The van der Waals surface area contributed by atoms with Gasteiger partial charge < -0.3 is 15.1 Å². The average Bonchev–Trinajstić information content (AvgIpc) is 2.63. The second-order valence-corrected chi connectivity index (χ2v) is 8.35. The van der Waals surface area contributed by atoms with Crippen LogP contribution in [0.2, 0.25) is 0 Å². The number of nitrogens with zero attached hydrogens (tertiary/aromatic N) is 2. The van der Waals surface area contributed by atoms with Gasteiger partial charge in [0.1, 0.15) is 0 Å².